The minimum atomic E-state index is -0.546. The van der Waals surface area contributed by atoms with E-state index in [0.29, 0.717) is 5.75 Å². The average molecular weight is 251 g/mol. The molecular weight excluding hydrogens is 234 g/mol. The molecule has 1 aromatic rings. The summed E-state index contributed by atoms with van der Waals surface area (Å²) in [7, 11) is 0. The zero-order valence-corrected chi connectivity index (χ0v) is 10.7. The monoisotopic (exact) mass is 251 g/mol. The highest BCUT2D eigenvalue weighted by molar-refractivity contribution is 8.14. The van der Waals surface area contributed by atoms with Crippen molar-refractivity contribution in [3.8, 4) is 5.75 Å². The van der Waals surface area contributed by atoms with Crippen LogP contribution in [0.2, 0.25) is 0 Å². The van der Waals surface area contributed by atoms with Gasteiger partial charge in [0.25, 0.3) is 0 Å². The minimum absolute atomic E-state index is 0.546. The maximum Gasteiger partial charge on any atom is 0.155 e. The molecule has 92 valence electrons. The van der Waals surface area contributed by atoms with Crippen molar-refractivity contribution in [3.05, 3.63) is 29.8 Å². The molecule has 0 radical (unpaired) electrons. The van der Waals surface area contributed by atoms with Gasteiger partial charge in [0.15, 0.2) is 6.23 Å². The summed E-state index contributed by atoms with van der Waals surface area (Å²) in [6, 6.07) is 7.90. The Labute approximate surface area is 106 Å². The number of benzene rings is 1. The summed E-state index contributed by atoms with van der Waals surface area (Å²) >= 11 is 1.59. The molecule has 4 heteroatoms. The first-order chi connectivity index (χ1) is 8.29. The molecule has 0 fully saturated rings. The molecular formula is C13H17NO2S. The summed E-state index contributed by atoms with van der Waals surface area (Å²) in [4.78, 5) is 4.16. The van der Waals surface area contributed by atoms with Crippen molar-refractivity contribution < 1.29 is 9.84 Å². The maximum atomic E-state index is 9.33. The van der Waals surface area contributed by atoms with Gasteiger partial charge in [-0.05, 0) is 30.7 Å². The van der Waals surface area contributed by atoms with Crippen molar-refractivity contribution in [2.24, 2.45) is 4.99 Å². The van der Waals surface area contributed by atoms with Gasteiger partial charge in [-0.2, -0.15) is 0 Å². The summed E-state index contributed by atoms with van der Waals surface area (Å²) in [6.07, 6.45) is 1.68. The van der Waals surface area contributed by atoms with Gasteiger partial charge in [0.05, 0.1) is 6.61 Å². The molecule has 2 rings (SSSR count). The average Bonchev–Trinajstić information content (AvgIpc) is 2.77. The van der Waals surface area contributed by atoms with Crippen LogP contribution in [0, 0.1) is 0 Å². The zero-order valence-electron chi connectivity index (χ0n) is 9.93. The van der Waals surface area contributed by atoms with Gasteiger partial charge >= 0.3 is 0 Å². The van der Waals surface area contributed by atoms with Gasteiger partial charge < -0.3 is 9.84 Å². The Balaban J connectivity index is 1.96. The Morgan fingerprint density at radius 3 is 2.76 bits per heavy atom. The Morgan fingerprint density at radius 2 is 2.18 bits per heavy atom. The predicted molar refractivity (Wildman–Crippen MR) is 71.8 cm³/mol. The van der Waals surface area contributed by atoms with Crippen molar-refractivity contribution in [1.82, 2.24) is 0 Å². The van der Waals surface area contributed by atoms with Crippen LogP contribution in [0.5, 0.6) is 5.75 Å². The normalized spacial score (nSPS) is 19.2. The molecule has 0 saturated heterocycles. The predicted octanol–water partition coefficient (Wildman–Crippen LogP) is 2.68. The van der Waals surface area contributed by atoms with Gasteiger partial charge in [-0.3, -0.25) is 0 Å². The van der Waals surface area contributed by atoms with E-state index in [1.807, 2.05) is 24.3 Å². The Morgan fingerprint density at radius 1 is 1.41 bits per heavy atom. The van der Waals surface area contributed by atoms with Crippen LogP contribution >= 0.6 is 11.8 Å². The lowest BCUT2D eigenvalue weighted by atomic mass is 10.2. The van der Waals surface area contributed by atoms with Crippen molar-refractivity contribution in [2.75, 3.05) is 12.4 Å². The summed E-state index contributed by atoms with van der Waals surface area (Å²) in [5, 5.41) is 10.2. The molecule has 1 aromatic carbocycles. The molecule has 0 spiro atoms. The largest absolute Gasteiger partial charge is 0.494 e. The van der Waals surface area contributed by atoms with Gasteiger partial charge in [0.2, 0.25) is 0 Å². The first-order valence-electron chi connectivity index (χ1n) is 5.91. The Kier molecular flexibility index (Phi) is 4.45. The Hall–Kier alpha value is -1.00. The van der Waals surface area contributed by atoms with E-state index in [1.165, 1.54) is 0 Å². The maximum absolute atomic E-state index is 9.33. The van der Waals surface area contributed by atoms with E-state index in [1.54, 1.807) is 11.8 Å². The van der Waals surface area contributed by atoms with Crippen LogP contribution in [0.1, 0.15) is 25.3 Å². The van der Waals surface area contributed by atoms with Gasteiger partial charge in [-0.15, -0.1) is 11.8 Å². The van der Waals surface area contributed by atoms with Crippen LogP contribution in [0.3, 0.4) is 0 Å². The fourth-order valence-electron chi connectivity index (χ4n) is 1.55. The van der Waals surface area contributed by atoms with Crippen molar-refractivity contribution in [3.63, 3.8) is 0 Å². The smallest absolute Gasteiger partial charge is 0.155 e. The molecule has 0 amide bonds. The first-order valence-corrected chi connectivity index (χ1v) is 6.90. The van der Waals surface area contributed by atoms with Crippen LogP contribution in [0.15, 0.2) is 29.3 Å². The second-order valence-electron chi connectivity index (χ2n) is 3.95. The topological polar surface area (TPSA) is 41.8 Å². The number of aliphatic hydroxyl groups is 1. The van der Waals surface area contributed by atoms with E-state index < -0.39 is 6.23 Å². The molecule has 1 atom stereocenters. The minimum Gasteiger partial charge on any atom is -0.494 e. The van der Waals surface area contributed by atoms with Crippen LogP contribution in [-0.2, 0) is 0 Å². The third-order valence-electron chi connectivity index (χ3n) is 2.50. The fraction of sp³-hybridized carbons (Fsp3) is 0.462. The molecule has 1 N–H and O–H groups in total. The van der Waals surface area contributed by atoms with Crippen LogP contribution < -0.4 is 4.74 Å². The standard InChI is InChI=1S/C13H17NO2S/c1-2-3-8-16-11-6-4-10(5-7-11)13-14-12(15)9-17-13/h4-7,12,15H,2-3,8-9H2,1H3. The Bertz CT molecular complexity index is 389. The summed E-state index contributed by atoms with van der Waals surface area (Å²) < 4.78 is 5.59. The number of thioether (sulfide) groups is 1. The van der Waals surface area contributed by atoms with Gasteiger partial charge in [-0.25, -0.2) is 4.99 Å². The van der Waals surface area contributed by atoms with E-state index in [9.17, 15) is 5.11 Å². The quantitative estimate of drug-likeness (QED) is 0.818. The number of hydrogen-bond acceptors (Lipinski definition) is 4. The number of aliphatic hydroxyl groups excluding tert-OH is 1. The molecule has 0 bridgehead atoms. The molecule has 1 aliphatic rings. The summed E-state index contributed by atoms with van der Waals surface area (Å²) in [6.45, 7) is 2.91. The lowest BCUT2D eigenvalue weighted by Crippen LogP contribution is -1.99. The number of rotatable bonds is 5. The second kappa shape index (κ2) is 6.07. The third kappa shape index (κ3) is 3.48. The van der Waals surface area contributed by atoms with Crippen molar-refractivity contribution in [2.45, 2.75) is 26.0 Å². The molecule has 17 heavy (non-hydrogen) atoms. The summed E-state index contributed by atoms with van der Waals surface area (Å²) in [5.74, 6) is 1.55. The zero-order chi connectivity index (χ0) is 12.1. The fourth-order valence-corrected chi connectivity index (χ4v) is 2.43. The van der Waals surface area contributed by atoms with Crippen LogP contribution in [0.4, 0.5) is 0 Å². The van der Waals surface area contributed by atoms with E-state index in [2.05, 4.69) is 11.9 Å². The number of nitrogens with zero attached hydrogens (tertiary/aromatic N) is 1. The molecule has 0 saturated carbocycles. The summed E-state index contributed by atoms with van der Waals surface area (Å²) in [5.41, 5.74) is 1.05. The SMILES string of the molecule is CCCCOc1ccc(C2=NC(O)CS2)cc1. The number of ether oxygens (including phenoxy) is 1. The van der Waals surface area contributed by atoms with Gasteiger partial charge in [0, 0.05) is 11.3 Å². The van der Waals surface area contributed by atoms with Crippen molar-refractivity contribution >= 4 is 16.8 Å². The number of aliphatic imine (C=N–C) groups is 1. The van der Waals surface area contributed by atoms with Gasteiger partial charge in [0.1, 0.15) is 10.8 Å². The highest BCUT2D eigenvalue weighted by Crippen LogP contribution is 2.23. The highest BCUT2D eigenvalue weighted by atomic mass is 32.2. The first kappa shape index (κ1) is 12.5. The molecule has 3 nitrogen and oxygen atoms in total. The van der Waals surface area contributed by atoms with E-state index in [4.69, 9.17) is 4.74 Å². The highest BCUT2D eigenvalue weighted by Gasteiger charge is 2.16. The molecule has 1 heterocycles. The van der Waals surface area contributed by atoms with Crippen LogP contribution in [0.25, 0.3) is 0 Å². The molecule has 0 aromatic heterocycles. The lowest BCUT2D eigenvalue weighted by molar-refractivity contribution is 0.213. The third-order valence-corrected chi connectivity index (χ3v) is 3.58. The van der Waals surface area contributed by atoms with E-state index in [-0.39, 0.29) is 0 Å². The van der Waals surface area contributed by atoms with E-state index in [0.717, 1.165) is 35.8 Å². The lowest BCUT2D eigenvalue weighted by Gasteiger charge is -2.06. The number of unbranched alkanes of at least 4 members (excludes halogenated alkanes) is 1. The molecule has 1 unspecified atom stereocenters. The van der Waals surface area contributed by atoms with E-state index >= 15 is 0 Å². The van der Waals surface area contributed by atoms with Crippen LogP contribution in [-0.4, -0.2) is 28.7 Å². The molecule has 0 aliphatic carbocycles. The second-order valence-corrected chi connectivity index (χ2v) is 4.96. The van der Waals surface area contributed by atoms with Gasteiger partial charge in [-0.1, -0.05) is 13.3 Å². The van der Waals surface area contributed by atoms with Crippen molar-refractivity contribution in [1.29, 1.82) is 0 Å². The molecule has 1 aliphatic heterocycles. The number of hydrogen-bond donors (Lipinski definition) is 1.